The van der Waals surface area contributed by atoms with E-state index in [2.05, 4.69) is 10.1 Å². The monoisotopic (exact) mass is 271 g/mol. The Bertz CT molecular complexity index is 546. The molecular formula is C12H8F3NO3. The Morgan fingerprint density at radius 2 is 1.74 bits per heavy atom. The Kier molecular flexibility index (Phi) is 3.28. The predicted octanol–water partition coefficient (Wildman–Crippen LogP) is 1.67. The number of hydrogen-bond donors (Lipinski definition) is 1. The van der Waals surface area contributed by atoms with Gasteiger partial charge >= 0.3 is 6.18 Å². The molecular weight excluding hydrogens is 263 g/mol. The van der Waals surface area contributed by atoms with Crippen molar-refractivity contribution in [1.82, 2.24) is 5.32 Å². The predicted molar refractivity (Wildman–Crippen MR) is 59.1 cm³/mol. The fraction of sp³-hybridized carbons (Fsp3) is 0.167. The number of rotatable bonds is 3. The molecule has 1 heterocycles. The Morgan fingerprint density at radius 1 is 1.11 bits per heavy atom. The van der Waals surface area contributed by atoms with Crippen LogP contribution in [0.2, 0.25) is 0 Å². The summed E-state index contributed by atoms with van der Waals surface area (Å²) in [7, 11) is 0. The van der Waals surface area contributed by atoms with Crippen LogP contribution in [0.1, 0.15) is 5.56 Å². The van der Waals surface area contributed by atoms with Gasteiger partial charge in [0.1, 0.15) is 5.75 Å². The first-order chi connectivity index (χ1) is 8.85. The second-order valence-corrected chi connectivity index (χ2v) is 3.80. The van der Waals surface area contributed by atoms with E-state index in [0.717, 1.165) is 6.08 Å². The molecule has 0 aliphatic carbocycles. The lowest BCUT2D eigenvalue weighted by Crippen LogP contribution is -2.21. The second kappa shape index (κ2) is 4.75. The minimum Gasteiger partial charge on any atom is -0.484 e. The van der Waals surface area contributed by atoms with E-state index in [4.69, 9.17) is 0 Å². The van der Waals surface area contributed by atoms with Crippen LogP contribution in [0.3, 0.4) is 0 Å². The largest absolute Gasteiger partial charge is 0.484 e. The van der Waals surface area contributed by atoms with Crippen molar-refractivity contribution in [2.45, 2.75) is 6.18 Å². The molecule has 7 heteroatoms. The van der Waals surface area contributed by atoms with Crippen molar-refractivity contribution < 1.29 is 27.5 Å². The lowest BCUT2D eigenvalue weighted by molar-refractivity contribution is -0.153. The van der Waals surface area contributed by atoms with Gasteiger partial charge < -0.3 is 4.74 Å². The van der Waals surface area contributed by atoms with Crippen molar-refractivity contribution in [3.8, 4) is 5.75 Å². The number of amides is 2. The van der Waals surface area contributed by atoms with E-state index in [9.17, 15) is 22.8 Å². The van der Waals surface area contributed by atoms with Crippen LogP contribution in [0, 0.1) is 0 Å². The van der Waals surface area contributed by atoms with Crippen molar-refractivity contribution in [2.75, 3.05) is 6.61 Å². The van der Waals surface area contributed by atoms with Gasteiger partial charge in [-0.3, -0.25) is 14.9 Å². The van der Waals surface area contributed by atoms with Gasteiger partial charge in [-0.05, 0) is 17.7 Å². The average molecular weight is 271 g/mol. The van der Waals surface area contributed by atoms with E-state index in [1.807, 2.05) is 0 Å². The molecule has 19 heavy (non-hydrogen) atoms. The molecule has 4 nitrogen and oxygen atoms in total. The van der Waals surface area contributed by atoms with Crippen molar-refractivity contribution >= 4 is 17.4 Å². The smallest absolute Gasteiger partial charge is 0.422 e. The first-order valence-corrected chi connectivity index (χ1v) is 5.22. The minimum atomic E-state index is -4.40. The van der Waals surface area contributed by atoms with Gasteiger partial charge in [-0.15, -0.1) is 0 Å². The molecule has 2 amide bonds. The molecule has 1 aromatic rings. The molecule has 0 atom stereocenters. The Morgan fingerprint density at radius 3 is 2.21 bits per heavy atom. The van der Waals surface area contributed by atoms with Crippen LogP contribution in [0.15, 0.2) is 30.3 Å². The Balaban J connectivity index is 2.09. The van der Waals surface area contributed by atoms with E-state index in [0.29, 0.717) is 5.56 Å². The fourth-order valence-corrected chi connectivity index (χ4v) is 1.52. The van der Waals surface area contributed by atoms with Crippen LogP contribution >= 0.6 is 0 Å². The summed E-state index contributed by atoms with van der Waals surface area (Å²) >= 11 is 0. The van der Waals surface area contributed by atoms with Crippen molar-refractivity contribution in [3.63, 3.8) is 0 Å². The van der Waals surface area contributed by atoms with Gasteiger partial charge in [-0.1, -0.05) is 12.1 Å². The molecule has 1 aliphatic rings. The minimum absolute atomic E-state index is 0.0337. The standard InChI is InChI=1S/C12H8F3NO3/c13-12(14,15)6-19-8-3-1-7(2-4-8)9-5-10(17)16-11(9)18/h1-5H,6H2,(H,16,17,18). The number of carbonyl (C=O) groups excluding carboxylic acids is 2. The third-order valence-electron chi connectivity index (χ3n) is 2.32. The number of ether oxygens (including phenoxy) is 1. The molecule has 0 saturated carbocycles. The van der Waals surface area contributed by atoms with Gasteiger partial charge in [-0.25, -0.2) is 0 Å². The Hall–Kier alpha value is -2.31. The summed E-state index contributed by atoms with van der Waals surface area (Å²) in [6.45, 7) is -1.38. The molecule has 0 fully saturated rings. The number of hydrogen-bond acceptors (Lipinski definition) is 3. The van der Waals surface area contributed by atoms with Gasteiger partial charge in [0.25, 0.3) is 11.8 Å². The van der Waals surface area contributed by atoms with Crippen LogP contribution in [0.25, 0.3) is 5.57 Å². The van der Waals surface area contributed by atoms with Gasteiger partial charge in [-0.2, -0.15) is 13.2 Å². The number of carbonyl (C=O) groups is 2. The SMILES string of the molecule is O=C1C=C(c2ccc(OCC(F)(F)F)cc2)C(=O)N1. The van der Waals surface area contributed by atoms with Crippen LogP contribution in [0.5, 0.6) is 5.75 Å². The highest BCUT2D eigenvalue weighted by atomic mass is 19.4. The molecule has 0 aromatic heterocycles. The highest BCUT2D eigenvalue weighted by molar-refractivity contribution is 6.33. The summed E-state index contributed by atoms with van der Waals surface area (Å²) in [6, 6.07) is 5.43. The topological polar surface area (TPSA) is 55.4 Å². The maximum absolute atomic E-state index is 11.9. The summed E-state index contributed by atoms with van der Waals surface area (Å²) in [6.07, 6.45) is -3.27. The molecule has 1 N–H and O–H groups in total. The number of halogens is 3. The molecule has 1 aromatic carbocycles. The number of imide groups is 1. The number of nitrogens with one attached hydrogen (secondary N) is 1. The zero-order chi connectivity index (χ0) is 14.0. The van der Waals surface area contributed by atoms with Gasteiger partial charge in [0.05, 0.1) is 5.57 Å². The van der Waals surface area contributed by atoms with E-state index in [1.165, 1.54) is 24.3 Å². The van der Waals surface area contributed by atoms with Crippen LogP contribution in [-0.4, -0.2) is 24.6 Å². The molecule has 2 rings (SSSR count). The van der Waals surface area contributed by atoms with E-state index < -0.39 is 24.6 Å². The van der Waals surface area contributed by atoms with Gasteiger partial charge in [0, 0.05) is 6.08 Å². The first kappa shape index (κ1) is 13.1. The van der Waals surface area contributed by atoms with E-state index >= 15 is 0 Å². The quantitative estimate of drug-likeness (QED) is 0.851. The second-order valence-electron chi connectivity index (χ2n) is 3.80. The van der Waals surface area contributed by atoms with Gasteiger partial charge in [0.15, 0.2) is 6.61 Å². The number of benzene rings is 1. The third kappa shape index (κ3) is 3.34. The molecule has 100 valence electrons. The van der Waals surface area contributed by atoms with Crippen LogP contribution < -0.4 is 10.1 Å². The molecule has 0 bridgehead atoms. The number of alkyl halides is 3. The average Bonchev–Trinajstić information content (AvgIpc) is 2.66. The normalized spacial score (nSPS) is 15.2. The molecule has 0 unspecified atom stereocenters. The summed E-state index contributed by atoms with van der Waals surface area (Å²) in [4.78, 5) is 22.3. The highest BCUT2D eigenvalue weighted by Crippen LogP contribution is 2.23. The van der Waals surface area contributed by atoms with E-state index in [1.54, 1.807) is 0 Å². The summed E-state index contributed by atoms with van der Waals surface area (Å²) in [5.74, 6) is -1.02. The van der Waals surface area contributed by atoms with Crippen LogP contribution in [0.4, 0.5) is 13.2 Å². The van der Waals surface area contributed by atoms with Crippen molar-refractivity contribution in [3.05, 3.63) is 35.9 Å². The summed E-state index contributed by atoms with van der Waals surface area (Å²) < 4.78 is 40.3. The van der Waals surface area contributed by atoms with Crippen molar-refractivity contribution in [2.24, 2.45) is 0 Å². The van der Waals surface area contributed by atoms with Crippen LogP contribution in [-0.2, 0) is 9.59 Å². The lowest BCUT2D eigenvalue weighted by atomic mass is 10.1. The zero-order valence-electron chi connectivity index (χ0n) is 9.45. The zero-order valence-corrected chi connectivity index (χ0v) is 9.45. The molecule has 0 saturated heterocycles. The van der Waals surface area contributed by atoms with E-state index in [-0.39, 0.29) is 11.3 Å². The molecule has 0 radical (unpaired) electrons. The first-order valence-electron chi connectivity index (χ1n) is 5.22. The van der Waals surface area contributed by atoms with Crippen molar-refractivity contribution in [1.29, 1.82) is 0 Å². The third-order valence-corrected chi connectivity index (χ3v) is 2.32. The van der Waals surface area contributed by atoms with Gasteiger partial charge in [0.2, 0.25) is 0 Å². The summed E-state index contributed by atoms with van der Waals surface area (Å²) in [5.41, 5.74) is 0.607. The maximum Gasteiger partial charge on any atom is 0.422 e. The fourth-order valence-electron chi connectivity index (χ4n) is 1.52. The highest BCUT2D eigenvalue weighted by Gasteiger charge is 2.28. The molecule has 0 spiro atoms. The molecule has 1 aliphatic heterocycles. The lowest BCUT2D eigenvalue weighted by Gasteiger charge is -2.09. The Labute approximate surface area is 105 Å². The maximum atomic E-state index is 11.9. The summed E-state index contributed by atoms with van der Waals surface area (Å²) in [5, 5.41) is 2.07.